The molecule has 0 saturated carbocycles. The smallest absolute Gasteiger partial charge is 0.254 e. The second-order valence-corrected chi connectivity index (χ2v) is 11.0. The zero-order valence-electron chi connectivity index (χ0n) is 24.6. The van der Waals surface area contributed by atoms with Gasteiger partial charge in [0.05, 0.1) is 18.9 Å². The lowest BCUT2D eigenvalue weighted by molar-refractivity contribution is -0.117. The number of carbonyl (C=O) groups is 2. The van der Waals surface area contributed by atoms with Gasteiger partial charge in [-0.15, -0.1) is 0 Å². The molecule has 0 aliphatic carbocycles. The molecule has 0 unspecified atom stereocenters. The fourth-order valence-corrected chi connectivity index (χ4v) is 5.09. The maximum Gasteiger partial charge on any atom is 0.254 e. The van der Waals surface area contributed by atoms with E-state index in [1.807, 2.05) is 84.4 Å². The molecule has 0 atom stereocenters. The molecule has 0 radical (unpaired) electrons. The van der Waals surface area contributed by atoms with E-state index in [-0.39, 0.29) is 18.4 Å². The summed E-state index contributed by atoms with van der Waals surface area (Å²) < 4.78 is 7.37. The fraction of sp³-hybridized carbons (Fsp3) is 0.324. The number of nitrogens with one attached hydrogen (secondary N) is 1. The van der Waals surface area contributed by atoms with Crippen LogP contribution in [0.15, 0.2) is 85.1 Å². The predicted octanol–water partition coefficient (Wildman–Crippen LogP) is 5.38. The van der Waals surface area contributed by atoms with E-state index < -0.39 is 0 Å². The molecule has 1 aliphatic heterocycles. The van der Waals surface area contributed by atoms with Gasteiger partial charge in [0, 0.05) is 49.2 Å². The number of ether oxygens (including phenoxy) is 1. The second-order valence-electron chi connectivity index (χ2n) is 11.0. The number of anilines is 1. The minimum atomic E-state index is -0.302. The van der Waals surface area contributed by atoms with Crippen molar-refractivity contribution in [1.29, 1.82) is 0 Å². The van der Waals surface area contributed by atoms with Crippen molar-refractivity contribution in [1.82, 2.24) is 19.4 Å². The Bertz CT molecular complexity index is 1490. The number of imidazole rings is 1. The standard InChI is InChI=1S/C34H39N5O3/c1-25(2)27-13-15-29(16-14-27)39-23-31(28-10-5-4-6-11-28)35-34(39)36-32(40)24-38(18-17-37-19-21-42-22-20-37)33(41)30-12-8-7-9-26(30)3/h4-16,23,25H,17-22,24H2,1-3H3,(H,35,36,40). The number of rotatable bonds is 10. The van der Waals surface area contributed by atoms with Crippen LogP contribution in [0.2, 0.25) is 0 Å². The Morgan fingerprint density at radius 2 is 1.64 bits per heavy atom. The summed E-state index contributed by atoms with van der Waals surface area (Å²) >= 11 is 0. The minimum absolute atomic E-state index is 0.0860. The lowest BCUT2D eigenvalue weighted by atomic mass is 10.0. The average molecular weight is 566 g/mol. The fourth-order valence-electron chi connectivity index (χ4n) is 5.09. The summed E-state index contributed by atoms with van der Waals surface area (Å²) in [4.78, 5) is 35.9. The SMILES string of the molecule is Cc1ccccc1C(=O)N(CCN1CCOCC1)CC(=O)Nc1nc(-c2ccccc2)cn1-c1ccc(C(C)C)cc1. The number of nitrogens with zero attached hydrogens (tertiary/aromatic N) is 4. The van der Waals surface area contributed by atoms with E-state index in [1.54, 1.807) is 4.90 Å². The summed E-state index contributed by atoms with van der Waals surface area (Å²) in [6.07, 6.45) is 1.93. The molecule has 1 aromatic heterocycles. The second kappa shape index (κ2) is 13.6. The van der Waals surface area contributed by atoms with Gasteiger partial charge in [0.25, 0.3) is 5.91 Å². The Kier molecular flexibility index (Phi) is 9.46. The summed E-state index contributed by atoms with van der Waals surface area (Å²) in [7, 11) is 0. The molecular formula is C34H39N5O3. The third-order valence-electron chi connectivity index (χ3n) is 7.65. The number of hydrogen-bond donors (Lipinski definition) is 1. The number of benzene rings is 3. The quantitative estimate of drug-likeness (QED) is 0.279. The maximum atomic E-state index is 13.7. The van der Waals surface area contributed by atoms with Gasteiger partial charge in [0.1, 0.15) is 6.54 Å². The van der Waals surface area contributed by atoms with Gasteiger partial charge in [0.15, 0.2) is 0 Å². The first-order valence-corrected chi connectivity index (χ1v) is 14.6. The number of hydrogen-bond acceptors (Lipinski definition) is 5. The normalized spacial score (nSPS) is 13.7. The lowest BCUT2D eigenvalue weighted by Crippen LogP contribution is -2.45. The van der Waals surface area contributed by atoms with Crippen LogP contribution >= 0.6 is 0 Å². The van der Waals surface area contributed by atoms with Gasteiger partial charge in [0.2, 0.25) is 11.9 Å². The Morgan fingerprint density at radius 1 is 0.952 bits per heavy atom. The van der Waals surface area contributed by atoms with E-state index in [0.29, 0.717) is 43.7 Å². The molecule has 1 fully saturated rings. The first-order chi connectivity index (χ1) is 20.4. The molecule has 2 amide bonds. The predicted molar refractivity (Wildman–Crippen MR) is 166 cm³/mol. The van der Waals surface area contributed by atoms with Crippen LogP contribution in [-0.2, 0) is 9.53 Å². The van der Waals surface area contributed by atoms with Crippen molar-refractivity contribution in [2.45, 2.75) is 26.7 Å². The van der Waals surface area contributed by atoms with Crippen LogP contribution in [0.3, 0.4) is 0 Å². The zero-order chi connectivity index (χ0) is 29.5. The van der Waals surface area contributed by atoms with E-state index in [0.717, 1.165) is 35.6 Å². The topological polar surface area (TPSA) is 79.7 Å². The van der Waals surface area contributed by atoms with Crippen LogP contribution < -0.4 is 5.32 Å². The summed E-state index contributed by atoms with van der Waals surface area (Å²) in [6, 6.07) is 25.7. The van der Waals surface area contributed by atoms with Crippen LogP contribution in [0.1, 0.15) is 41.3 Å². The molecule has 1 saturated heterocycles. The van der Waals surface area contributed by atoms with Crippen molar-refractivity contribution < 1.29 is 14.3 Å². The van der Waals surface area contributed by atoms with Gasteiger partial charge in [-0.05, 0) is 42.2 Å². The van der Waals surface area contributed by atoms with Gasteiger partial charge in [-0.2, -0.15) is 0 Å². The van der Waals surface area contributed by atoms with Crippen molar-refractivity contribution in [3.63, 3.8) is 0 Å². The number of carbonyl (C=O) groups excluding carboxylic acids is 2. The molecule has 0 bridgehead atoms. The molecule has 1 aliphatic rings. The van der Waals surface area contributed by atoms with Gasteiger partial charge in [-0.25, -0.2) is 4.98 Å². The Hall–Kier alpha value is -4.27. The lowest BCUT2D eigenvalue weighted by Gasteiger charge is -2.30. The molecule has 5 rings (SSSR count). The third-order valence-corrected chi connectivity index (χ3v) is 7.65. The summed E-state index contributed by atoms with van der Waals surface area (Å²) in [6.45, 7) is 10.2. The van der Waals surface area contributed by atoms with Crippen molar-refractivity contribution in [2.24, 2.45) is 0 Å². The van der Waals surface area contributed by atoms with E-state index in [9.17, 15) is 9.59 Å². The molecule has 1 N–H and O–H groups in total. The van der Waals surface area contributed by atoms with Crippen LogP contribution in [0, 0.1) is 6.92 Å². The highest BCUT2D eigenvalue weighted by Crippen LogP contribution is 2.25. The van der Waals surface area contributed by atoms with E-state index in [4.69, 9.17) is 9.72 Å². The van der Waals surface area contributed by atoms with Crippen molar-refractivity contribution >= 4 is 17.8 Å². The largest absolute Gasteiger partial charge is 0.379 e. The number of aromatic nitrogens is 2. The highest BCUT2D eigenvalue weighted by atomic mass is 16.5. The van der Waals surface area contributed by atoms with E-state index in [2.05, 4.69) is 36.2 Å². The summed E-state index contributed by atoms with van der Waals surface area (Å²) in [5.74, 6) is 0.362. The molecule has 8 heteroatoms. The average Bonchev–Trinajstić information content (AvgIpc) is 3.43. The summed E-state index contributed by atoms with van der Waals surface area (Å²) in [5, 5.41) is 3.01. The van der Waals surface area contributed by atoms with Crippen LogP contribution in [-0.4, -0.2) is 77.1 Å². The molecule has 42 heavy (non-hydrogen) atoms. The van der Waals surface area contributed by atoms with Crippen molar-refractivity contribution in [3.8, 4) is 16.9 Å². The number of morpholine rings is 1. The first kappa shape index (κ1) is 29.2. The molecule has 3 aromatic carbocycles. The Balaban J connectivity index is 1.40. The van der Waals surface area contributed by atoms with Crippen LogP contribution in [0.5, 0.6) is 0 Å². The van der Waals surface area contributed by atoms with Gasteiger partial charge in [-0.1, -0.05) is 74.5 Å². The summed E-state index contributed by atoms with van der Waals surface area (Å²) in [5.41, 5.74) is 5.31. The van der Waals surface area contributed by atoms with Gasteiger partial charge >= 0.3 is 0 Å². The molecule has 8 nitrogen and oxygen atoms in total. The monoisotopic (exact) mass is 565 g/mol. The van der Waals surface area contributed by atoms with Crippen molar-refractivity contribution in [2.75, 3.05) is 51.3 Å². The van der Waals surface area contributed by atoms with Gasteiger partial charge < -0.3 is 9.64 Å². The van der Waals surface area contributed by atoms with Crippen molar-refractivity contribution in [3.05, 3.63) is 102 Å². The minimum Gasteiger partial charge on any atom is -0.379 e. The number of amides is 2. The highest BCUT2D eigenvalue weighted by Gasteiger charge is 2.23. The van der Waals surface area contributed by atoms with E-state index in [1.165, 1.54) is 5.56 Å². The first-order valence-electron chi connectivity index (χ1n) is 14.6. The highest BCUT2D eigenvalue weighted by molar-refractivity contribution is 6.00. The molecule has 2 heterocycles. The molecule has 4 aromatic rings. The van der Waals surface area contributed by atoms with E-state index >= 15 is 0 Å². The number of aryl methyl sites for hydroxylation is 1. The zero-order valence-corrected chi connectivity index (χ0v) is 24.6. The van der Waals surface area contributed by atoms with Crippen LogP contribution in [0.25, 0.3) is 16.9 Å². The Morgan fingerprint density at radius 3 is 2.33 bits per heavy atom. The van der Waals surface area contributed by atoms with Gasteiger partial charge in [-0.3, -0.25) is 24.4 Å². The molecule has 218 valence electrons. The molecule has 0 spiro atoms. The Labute approximate surface area is 247 Å². The maximum absolute atomic E-state index is 13.7. The third kappa shape index (κ3) is 7.13. The van der Waals surface area contributed by atoms with Crippen LogP contribution in [0.4, 0.5) is 5.95 Å². The molecular weight excluding hydrogens is 526 g/mol.